The number of ether oxygens (including phenoxy) is 1. The van der Waals surface area contributed by atoms with E-state index in [4.69, 9.17) is 10.5 Å². The van der Waals surface area contributed by atoms with Crippen LogP contribution in [0.25, 0.3) is 0 Å². The van der Waals surface area contributed by atoms with E-state index >= 15 is 0 Å². The molecule has 4 unspecified atom stereocenters. The Labute approximate surface area is 135 Å². The Morgan fingerprint density at radius 2 is 2.20 bits per heavy atom. The molecule has 0 aromatic carbocycles. The van der Waals surface area contributed by atoms with Gasteiger partial charge < -0.3 is 10.5 Å². The topological polar surface area (TPSA) is 35.2 Å². The Morgan fingerprint density at radius 1 is 1.45 bits per heavy atom. The van der Waals surface area contributed by atoms with Gasteiger partial charge in [0.2, 0.25) is 0 Å². The van der Waals surface area contributed by atoms with Crippen molar-refractivity contribution in [2.75, 3.05) is 6.54 Å². The van der Waals surface area contributed by atoms with Crippen LogP contribution in [0.5, 0.6) is 0 Å². The van der Waals surface area contributed by atoms with Crippen molar-refractivity contribution in [3.05, 3.63) is 20.8 Å². The van der Waals surface area contributed by atoms with Crippen molar-refractivity contribution >= 4 is 27.3 Å². The van der Waals surface area contributed by atoms with Crippen LogP contribution in [-0.4, -0.2) is 12.6 Å². The van der Waals surface area contributed by atoms with Gasteiger partial charge in [0, 0.05) is 21.3 Å². The van der Waals surface area contributed by atoms with Crippen LogP contribution >= 0.6 is 27.3 Å². The molecule has 1 aromatic heterocycles. The zero-order valence-corrected chi connectivity index (χ0v) is 15.0. The predicted molar refractivity (Wildman–Crippen MR) is 90.0 cm³/mol. The lowest BCUT2D eigenvalue weighted by atomic mass is 9.75. The van der Waals surface area contributed by atoms with E-state index in [1.807, 2.05) is 0 Å². The third-order valence-corrected chi connectivity index (χ3v) is 6.21. The van der Waals surface area contributed by atoms with Gasteiger partial charge in [0.05, 0.1) is 6.10 Å². The smallest absolute Gasteiger partial charge is 0.104 e. The molecule has 2 nitrogen and oxygen atoms in total. The van der Waals surface area contributed by atoms with Gasteiger partial charge in [-0.1, -0.05) is 27.2 Å². The van der Waals surface area contributed by atoms with E-state index in [1.165, 1.54) is 24.1 Å². The van der Waals surface area contributed by atoms with E-state index in [2.05, 4.69) is 48.1 Å². The molecule has 1 heterocycles. The summed E-state index contributed by atoms with van der Waals surface area (Å²) in [5.41, 5.74) is 5.95. The van der Waals surface area contributed by atoms with Crippen molar-refractivity contribution in [2.24, 2.45) is 23.5 Å². The van der Waals surface area contributed by atoms with Crippen LogP contribution < -0.4 is 5.73 Å². The average Bonchev–Trinajstić information content (AvgIpc) is 2.82. The van der Waals surface area contributed by atoms with Crippen molar-refractivity contribution < 1.29 is 4.74 Å². The lowest BCUT2D eigenvalue weighted by molar-refractivity contribution is -0.0774. The van der Waals surface area contributed by atoms with Crippen molar-refractivity contribution in [1.82, 2.24) is 0 Å². The molecule has 1 fully saturated rings. The molecule has 1 aromatic rings. The minimum absolute atomic E-state index is 0.0443. The molecule has 4 heteroatoms. The molecule has 0 saturated heterocycles. The highest BCUT2D eigenvalue weighted by atomic mass is 79.9. The molecule has 1 aliphatic carbocycles. The summed E-state index contributed by atoms with van der Waals surface area (Å²) in [7, 11) is 0. The molecule has 0 amide bonds. The number of hydrogen-bond donors (Lipinski definition) is 1. The first-order valence-electron chi connectivity index (χ1n) is 7.60. The van der Waals surface area contributed by atoms with E-state index in [9.17, 15) is 0 Å². The Bertz CT molecular complexity index is 420. The highest BCUT2D eigenvalue weighted by Crippen LogP contribution is 2.38. The summed E-state index contributed by atoms with van der Waals surface area (Å²) in [6.07, 6.45) is 4.19. The van der Waals surface area contributed by atoms with Gasteiger partial charge >= 0.3 is 0 Å². The maximum atomic E-state index is 6.45. The molecule has 1 saturated carbocycles. The minimum Gasteiger partial charge on any atom is -0.368 e. The van der Waals surface area contributed by atoms with E-state index < -0.39 is 0 Å². The fraction of sp³-hybridized carbons (Fsp3) is 0.750. The molecule has 0 radical (unpaired) electrons. The third kappa shape index (κ3) is 4.06. The number of nitrogens with two attached hydrogens (primary N) is 1. The maximum absolute atomic E-state index is 6.45. The Kier molecular flexibility index (Phi) is 6.09. The zero-order chi connectivity index (χ0) is 14.7. The summed E-state index contributed by atoms with van der Waals surface area (Å²) in [4.78, 5) is 1.24. The van der Waals surface area contributed by atoms with Crippen LogP contribution in [0.2, 0.25) is 0 Å². The van der Waals surface area contributed by atoms with Crippen LogP contribution in [-0.2, 0) is 4.74 Å². The molecule has 20 heavy (non-hydrogen) atoms. The predicted octanol–water partition coefficient (Wildman–Crippen LogP) is 4.99. The Morgan fingerprint density at radius 3 is 2.75 bits per heavy atom. The van der Waals surface area contributed by atoms with Gasteiger partial charge in [-0.25, -0.2) is 0 Å². The molecule has 4 atom stereocenters. The summed E-state index contributed by atoms with van der Waals surface area (Å²) in [5, 5.41) is 2.10. The first-order valence-corrected chi connectivity index (χ1v) is 9.28. The largest absolute Gasteiger partial charge is 0.368 e. The fourth-order valence-corrected chi connectivity index (χ4v) is 4.71. The molecule has 0 spiro atoms. The summed E-state index contributed by atoms with van der Waals surface area (Å²) in [6.45, 7) is 7.53. The normalized spacial score (nSPS) is 28.8. The van der Waals surface area contributed by atoms with Crippen LogP contribution in [0.3, 0.4) is 0 Å². The highest BCUT2D eigenvalue weighted by Gasteiger charge is 2.33. The van der Waals surface area contributed by atoms with Crippen molar-refractivity contribution in [2.45, 2.75) is 52.2 Å². The summed E-state index contributed by atoms with van der Waals surface area (Å²) in [5.74, 6) is 2.12. The molecule has 2 rings (SSSR count). The van der Waals surface area contributed by atoms with E-state index in [0.717, 1.165) is 10.4 Å². The first kappa shape index (κ1) is 16.5. The Balaban J connectivity index is 2.07. The standard InChI is InChI=1S/C16H26BrNOS/c1-10(2)13-5-4-11(3)6-14(13)19-15(8-18)16-7-12(17)9-20-16/h7,9-11,13-15H,4-6,8,18H2,1-3H3. The second-order valence-corrected chi connectivity index (χ2v) is 8.25. The summed E-state index contributed by atoms with van der Waals surface area (Å²) < 4.78 is 7.57. The molecule has 0 aliphatic heterocycles. The van der Waals surface area contributed by atoms with Gasteiger partial charge in [-0.15, -0.1) is 11.3 Å². The van der Waals surface area contributed by atoms with E-state index in [-0.39, 0.29) is 6.10 Å². The van der Waals surface area contributed by atoms with Crippen LogP contribution in [0.4, 0.5) is 0 Å². The SMILES string of the molecule is CC1CCC(C(C)C)C(OC(CN)c2cc(Br)cs2)C1. The first-order chi connectivity index (χ1) is 9.51. The van der Waals surface area contributed by atoms with Crippen molar-refractivity contribution in [1.29, 1.82) is 0 Å². The van der Waals surface area contributed by atoms with Gasteiger partial charge in [-0.2, -0.15) is 0 Å². The third-order valence-electron chi connectivity index (χ3n) is 4.42. The van der Waals surface area contributed by atoms with Gasteiger partial charge in [0.25, 0.3) is 0 Å². The monoisotopic (exact) mass is 359 g/mol. The molecule has 1 aliphatic rings. The van der Waals surface area contributed by atoms with Gasteiger partial charge in [0.1, 0.15) is 6.10 Å². The van der Waals surface area contributed by atoms with Crippen LogP contribution in [0.1, 0.15) is 51.0 Å². The van der Waals surface area contributed by atoms with Crippen LogP contribution in [0.15, 0.2) is 15.9 Å². The maximum Gasteiger partial charge on any atom is 0.104 e. The van der Waals surface area contributed by atoms with Crippen molar-refractivity contribution in [3.8, 4) is 0 Å². The second kappa shape index (κ2) is 7.39. The quantitative estimate of drug-likeness (QED) is 0.803. The zero-order valence-electron chi connectivity index (χ0n) is 12.6. The number of rotatable bonds is 5. The molecular weight excluding hydrogens is 334 g/mol. The molecular formula is C16H26BrNOS. The van der Waals surface area contributed by atoms with Crippen molar-refractivity contribution in [3.63, 3.8) is 0 Å². The lowest BCUT2D eigenvalue weighted by Gasteiger charge is -2.38. The molecule has 2 N–H and O–H groups in total. The number of thiophene rings is 1. The van der Waals surface area contributed by atoms with Crippen LogP contribution in [0, 0.1) is 17.8 Å². The van der Waals surface area contributed by atoms with Gasteiger partial charge in [-0.3, -0.25) is 0 Å². The van der Waals surface area contributed by atoms with E-state index in [1.54, 1.807) is 11.3 Å². The van der Waals surface area contributed by atoms with Gasteiger partial charge in [-0.05, 0) is 52.6 Å². The summed E-state index contributed by atoms with van der Waals surface area (Å²) in [6, 6.07) is 2.14. The van der Waals surface area contributed by atoms with Gasteiger partial charge in [0.15, 0.2) is 0 Å². The average molecular weight is 360 g/mol. The lowest BCUT2D eigenvalue weighted by Crippen LogP contribution is -2.36. The minimum atomic E-state index is 0.0443. The second-order valence-electron chi connectivity index (χ2n) is 6.39. The molecule has 0 bridgehead atoms. The van der Waals surface area contributed by atoms with E-state index in [0.29, 0.717) is 24.5 Å². The molecule has 114 valence electrons. The Hall–Kier alpha value is 0.1000. The summed E-state index contributed by atoms with van der Waals surface area (Å²) >= 11 is 5.24. The highest BCUT2D eigenvalue weighted by molar-refractivity contribution is 9.10. The fourth-order valence-electron chi connectivity index (χ4n) is 3.22. The number of halogens is 1. The number of hydrogen-bond acceptors (Lipinski definition) is 3.